The SMILES string of the molecule is O=C(O)CCCC(Br)CCCC(=O)O. The summed E-state index contributed by atoms with van der Waals surface area (Å²) in [4.78, 5) is 20.6. The van der Waals surface area contributed by atoms with E-state index in [9.17, 15) is 9.59 Å². The van der Waals surface area contributed by atoms with Crippen LogP contribution in [0, 0.1) is 0 Å². The van der Waals surface area contributed by atoms with Gasteiger partial charge in [0.05, 0.1) is 0 Å². The zero-order chi connectivity index (χ0) is 11.0. The van der Waals surface area contributed by atoms with Crippen LogP contribution in [-0.2, 0) is 9.59 Å². The molecule has 0 atom stereocenters. The van der Waals surface area contributed by atoms with E-state index in [0.717, 1.165) is 12.8 Å². The lowest BCUT2D eigenvalue weighted by atomic mass is 10.1. The quantitative estimate of drug-likeness (QED) is 0.661. The lowest BCUT2D eigenvalue weighted by Crippen LogP contribution is -2.02. The molecule has 14 heavy (non-hydrogen) atoms. The average Bonchev–Trinajstić information content (AvgIpc) is 2.02. The van der Waals surface area contributed by atoms with E-state index >= 15 is 0 Å². The summed E-state index contributed by atoms with van der Waals surface area (Å²) in [5.41, 5.74) is 0. The van der Waals surface area contributed by atoms with Crippen LogP contribution in [0.4, 0.5) is 0 Å². The van der Waals surface area contributed by atoms with E-state index in [2.05, 4.69) is 15.9 Å². The first-order valence-corrected chi connectivity index (χ1v) is 5.51. The van der Waals surface area contributed by atoms with Crippen molar-refractivity contribution >= 4 is 27.9 Å². The van der Waals surface area contributed by atoms with Gasteiger partial charge in [-0.3, -0.25) is 9.59 Å². The van der Waals surface area contributed by atoms with E-state index in [1.165, 1.54) is 0 Å². The zero-order valence-electron chi connectivity index (χ0n) is 7.91. The molecule has 0 aliphatic heterocycles. The summed E-state index contributed by atoms with van der Waals surface area (Å²) in [6.07, 6.45) is 3.20. The van der Waals surface area contributed by atoms with E-state index in [1.807, 2.05) is 0 Å². The fraction of sp³-hybridized carbons (Fsp3) is 0.778. The van der Waals surface area contributed by atoms with E-state index < -0.39 is 11.9 Å². The Hall–Kier alpha value is -0.580. The highest BCUT2D eigenvalue weighted by atomic mass is 79.9. The molecule has 0 fully saturated rings. The molecular weight excluding hydrogens is 252 g/mol. The number of rotatable bonds is 8. The van der Waals surface area contributed by atoms with Gasteiger partial charge in [-0.05, 0) is 25.7 Å². The maximum absolute atomic E-state index is 10.2. The largest absolute Gasteiger partial charge is 0.481 e. The van der Waals surface area contributed by atoms with Gasteiger partial charge in [0.1, 0.15) is 0 Å². The average molecular weight is 267 g/mol. The van der Waals surface area contributed by atoms with E-state index in [4.69, 9.17) is 10.2 Å². The van der Waals surface area contributed by atoms with Gasteiger partial charge in [-0.1, -0.05) is 15.9 Å². The van der Waals surface area contributed by atoms with Gasteiger partial charge < -0.3 is 10.2 Å². The zero-order valence-corrected chi connectivity index (χ0v) is 9.49. The Kier molecular flexibility index (Phi) is 7.47. The van der Waals surface area contributed by atoms with Gasteiger partial charge in [0.2, 0.25) is 0 Å². The van der Waals surface area contributed by atoms with Crippen LogP contribution in [0.1, 0.15) is 38.5 Å². The number of halogens is 1. The van der Waals surface area contributed by atoms with Crippen LogP contribution in [0.2, 0.25) is 0 Å². The van der Waals surface area contributed by atoms with Gasteiger partial charge in [-0.2, -0.15) is 0 Å². The summed E-state index contributed by atoms with van der Waals surface area (Å²) in [6.45, 7) is 0. The third-order valence-corrected chi connectivity index (χ3v) is 2.73. The number of carboxylic acids is 2. The Bertz CT molecular complexity index is 173. The minimum Gasteiger partial charge on any atom is -0.481 e. The third kappa shape index (κ3) is 9.51. The summed E-state index contributed by atoms with van der Waals surface area (Å²) < 4.78 is 0. The molecule has 0 amide bonds. The van der Waals surface area contributed by atoms with Crippen molar-refractivity contribution in [2.45, 2.75) is 43.4 Å². The number of alkyl halides is 1. The number of carboxylic acid groups (broad SMARTS) is 2. The molecular formula is C9H15BrO4. The van der Waals surface area contributed by atoms with Gasteiger partial charge in [-0.15, -0.1) is 0 Å². The first-order valence-electron chi connectivity index (χ1n) is 4.60. The number of hydrogen-bond acceptors (Lipinski definition) is 2. The molecule has 0 aromatic heterocycles. The molecule has 0 aliphatic rings. The Morgan fingerprint density at radius 2 is 1.36 bits per heavy atom. The van der Waals surface area contributed by atoms with Crippen molar-refractivity contribution in [3.05, 3.63) is 0 Å². The predicted octanol–water partition coefficient (Wildman–Crippen LogP) is 2.26. The molecule has 0 heterocycles. The molecule has 0 spiro atoms. The van der Waals surface area contributed by atoms with Gasteiger partial charge in [-0.25, -0.2) is 0 Å². The fourth-order valence-corrected chi connectivity index (χ4v) is 1.74. The lowest BCUT2D eigenvalue weighted by Gasteiger charge is -2.06. The number of aliphatic carboxylic acids is 2. The van der Waals surface area contributed by atoms with Crippen LogP contribution in [-0.4, -0.2) is 27.0 Å². The minimum absolute atomic E-state index is 0.182. The van der Waals surface area contributed by atoms with Gasteiger partial charge in [0.25, 0.3) is 0 Å². The smallest absolute Gasteiger partial charge is 0.303 e. The fourth-order valence-electron chi connectivity index (χ4n) is 1.09. The Morgan fingerprint density at radius 1 is 1.00 bits per heavy atom. The Labute approximate surface area is 91.4 Å². The topological polar surface area (TPSA) is 74.6 Å². The molecule has 82 valence electrons. The second-order valence-electron chi connectivity index (χ2n) is 3.17. The molecule has 0 unspecified atom stereocenters. The summed E-state index contributed by atoms with van der Waals surface area (Å²) in [7, 11) is 0. The molecule has 2 N–H and O–H groups in total. The minimum atomic E-state index is -0.782. The van der Waals surface area contributed by atoms with Gasteiger partial charge in [0, 0.05) is 17.7 Å². The Morgan fingerprint density at radius 3 is 1.64 bits per heavy atom. The second kappa shape index (κ2) is 7.79. The first-order chi connectivity index (χ1) is 6.52. The third-order valence-electron chi connectivity index (χ3n) is 1.82. The van der Waals surface area contributed by atoms with Crippen LogP contribution in [0.15, 0.2) is 0 Å². The number of hydrogen-bond donors (Lipinski definition) is 2. The van der Waals surface area contributed by atoms with Crippen molar-refractivity contribution in [3.8, 4) is 0 Å². The maximum Gasteiger partial charge on any atom is 0.303 e. The van der Waals surface area contributed by atoms with Gasteiger partial charge >= 0.3 is 11.9 Å². The first kappa shape index (κ1) is 13.4. The summed E-state index contributed by atoms with van der Waals surface area (Å²) in [6, 6.07) is 0. The highest BCUT2D eigenvalue weighted by molar-refractivity contribution is 9.09. The summed E-state index contributed by atoms with van der Waals surface area (Å²) in [5.74, 6) is -1.56. The summed E-state index contributed by atoms with van der Waals surface area (Å²) in [5, 5.41) is 16.8. The standard InChI is InChI=1S/C9H15BrO4/c10-7(3-1-5-8(11)12)4-2-6-9(13)14/h7H,1-6H2,(H,11,12)(H,13,14). The molecule has 0 bridgehead atoms. The van der Waals surface area contributed by atoms with E-state index in [1.54, 1.807) is 0 Å². The molecule has 0 rings (SSSR count). The molecule has 0 aromatic rings. The van der Waals surface area contributed by atoms with E-state index in [0.29, 0.717) is 12.8 Å². The molecule has 5 heteroatoms. The second-order valence-corrected chi connectivity index (χ2v) is 4.46. The molecule has 0 radical (unpaired) electrons. The molecule has 4 nitrogen and oxygen atoms in total. The maximum atomic E-state index is 10.2. The molecule has 0 saturated carbocycles. The van der Waals surface area contributed by atoms with Crippen molar-refractivity contribution in [1.29, 1.82) is 0 Å². The summed E-state index contributed by atoms with van der Waals surface area (Å²) >= 11 is 3.39. The van der Waals surface area contributed by atoms with Crippen molar-refractivity contribution in [2.24, 2.45) is 0 Å². The lowest BCUT2D eigenvalue weighted by molar-refractivity contribution is -0.138. The number of carbonyl (C=O) groups is 2. The van der Waals surface area contributed by atoms with Crippen molar-refractivity contribution in [1.82, 2.24) is 0 Å². The van der Waals surface area contributed by atoms with Crippen LogP contribution in [0.25, 0.3) is 0 Å². The van der Waals surface area contributed by atoms with Crippen LogP contribution in [0.5, 0.6) is 0 Å². The van der Waals surface area contributed by atoms with Crippen molar-refractivity contribution in [2.75, 3.05) is 0 Å². The van der Waals surface area contributed by atoms with Crippen molar-refractivity contribution < 1.29 is 19.8 Å². The van der Waals surface area contributed by atoms with Crippen LogP contribution >= 0.6 is 15.9 Å². The Balaban J connectivity index is 3.32. The highest BCUT2D eigenvalue weighted by Crippen LogP contribution is 2.16. The van der Waals surface area contributed by atoms with E-state index in [-0.39, 0.29) is 17.7 Å². The highest BCUT2D eigenvalue weighted by Gasteiger charge is 2.06. The molecule has 0 saturated heterocycles. The molecule has 0 aromatic carbocycles. The molecule has 0 aliphatic carbocycles. The van der Waals surface area contributed by atoms with Gasteiger partial charge in [0.15, 0.2) is 0 Å². The van der Waals surface area contributed by atoms with Crippen LogP contribution < -0.4 is 0 Å². The predicted molar refractivity (Wildman–Crippen MR) is 55.7 cm³/mol. The van der Waals surface area contributed by atoms with Crippen molar-refractivity contribution in [3.63, 3.8) is 0 Å². The normalized spacial score (nSPS) is 10.4. The van der Waals surface area contributed by atoms with Crippen LogP contribution in [0.3, 0.4) is 0 Å². The monoisotopic (exact) mass is 266 g/mol.